The Hall–Kier alpha value is -2.03. The number of benzene rings is 1. The van der Waals surface area contributed by atoms with Crippen LogP contribution >= 0.6 is 0 Å². The quantitative estimate of drug-likeness (QED) is 0.559. The molecule has 0 fully saturated rings. The number of aromatic nitrogens is 1. The lowest BCUT2D eigenvalue weighted by molar-refractivity contribution is 1.32. The summed E-state index contributed by atoms with van der Waals surface area (Å²) in [5.41, 5.74) is 4.89. The van der Waals surface area contributed by atoms with E-state index in [1.54, 1.807) is 6.21 Å². The molecule has 3 nitrogen and oxygen atoms in total. The van der Waals surface area contributed by atoms with Crippen molar-refractivity contribution in [1.82, 2.24) is 4.98 Å². The lowest BCUT2D eigenvalue weighted by atomic mass is 10.3. The van der Waals surface area contributed by atoms with Crippen molar-refractivity contribution in [3.8, 4) is 0 Å². The van der Waals surface area contributed by atoms with Crippen LogP contribution in [0.1, 0.15) is 5.69 Å². The predicted molar refractivity (Wildman–Crippen MR) is 58.5 cm³/mol. The van der Waals surface area contributed by atoms with Crippen molar-refractivity contribution >= 4 is 11.9 Å². The van der Waals surface area contributed by atoms with E-state index >= 15 is 0 Å². The summed E-state index contributed by atoms with van der Waals surface area (Å²) in [6, 6.07) is 13.7. The van der Waals surface area contributed by atoms with Gasteiger partial charge in [0, 0.05) is 6.20 Å². The van der Waals surface area contributed by atoms with Gasteiger partial charge in [-0.05, 0) is 24.3 Å². The van der Waals surface area contributed by atoms with Crippen LogP contribution in [0.4, 0.5) is 5.69 Å². The second kappa shape index (κ2) is 4.28. The highest BCUT2D eigenvalue weighted by Gasteiger charge is 1.86. The Labute approximate surface area is 82.5 Å². The summed E-state index contributed by atoms with van der Waals surface area (Å²) < 4.78 is 0. The predicted octanol–water partition coefficient (Wildman–Crippen LogP) is 2.46. The fourth-order valence-electron chi connectivity index (χ4n) is 1.11. The second-order valence-electron chi connectivity index (χ2n) is 2.86. The van der Waals surface area contributed by atoms with Crippen molar-refractivity contribution in [2.45, 2.75) is 0 Å². The summed E-state index contributed by atoms with van der Waals surface area (Å²) in [6.07, 6.45) is 3.61. The summed E-state index contributed by atoms with van der Waals surface area (Å²) in [6.45, 7) is 0. The molecule has 0 bridgehead atoms. The fourth-order valence-corrected chi connectivity index (χ4v) is 1.11. The average Bonchev–Trinajstić information content (AvgIpc) is 2.72. The number of hydrogen-bond donors (Lipinski definition) is 2. The van der Waals surface area contributed by atoms with Crippen LogP contribution < -0.4 is 5.43 Å². The molecule has 14 heavy (non-hydrogen) atoms. The van der Waals surface area contributed by atoms with Crippen LogP contribution in [-0.4, -0.2) is 11.2 Å². The summed E-state index contributed by atoms with van der Waals surface area (Å²) in [7, 11) is 0. The topological polar surface area (TPSA) is 40.2 Å². The molecule has 0 atom stereocenters. The van der Waals surface area contributed by atoms with Gasteiger partial charge in [-0.2, -0.15) is 5.10 Å². The Morgan fingerprint density at radius 1 is 1.07 bits per heavy atom. The van der Waals surface area contributed by atoms with Crippen LogP contribution in [0, 0.1) is 0 Å². The SMILES string of the molecule is C(=N\Nc1ccccc1)/c1ccc[nH]1. The third-order valence-corrected chi connectivity index (χ3v) is 1.79. The number of anilines is 1. The van der Waals surface area contributed by atoms with Gasteiger partial charge in [-0.1, -0.05) is 18.2 Å². The number of hydrogen-bond acceptors (Lipinski definition) is 2. The van der Waals surface area contributed by atoms with Crippen molar-refractivity contribution in [2.75, 3.05) is 5.43 Å². The molecule has 0 aliphatic rings. The monoisotopic (exact) mass is 185 g/mol. The van der Waals surface area contributed by atoms with Gasteiger partial charge >= 0.3 is 0 Å². The minimum Gasteiger partial charge on any atom is -0.360 e. The van der Waals surface area contributed by atoms with E-state index in [2.05, 4.69) is 15.5 Å². The van der Waals surface area contributed by atoms with E-state index in [9.17, 15) is 0 Å². The highest BCUT2D eigenvalue weighted by molar-refractivity contribution is 5.77. The molecule has 0 aliphatic heterocycles. The maximum absolute atomic E-state index is 4.08. The average molecular weight is 185 g/mol. The zero-order valence-electron chi connectivity index (χ0n) is 7.64. The van der Waals surface area contributed by atoms with E-state index in [1.807, 2.05) is 48.7 Å². The zero-order chi connectivity index (χ0) is 9.64. The molecule has 1 heterocycles. The molecule has 0 saturated carbocycles. The first-order chi connectivity index (χ1) is 6.95. The minimum atomic E-state index is 0.980. The summed E-state index contributed by atoms with van der Waals surface area (Å²) in [4.78, 5) is 3.03. The van der Waals surface area contributed by atoms with Gasteiger partial charge in [0.15, 0.2) is 0 Å². The largest absolute Gasteiger partial charge is 0.360 e. The molecule has 2 rings (SSSR count). The second-order valence-corrected chi connectivity index (χ2v) is 2.86. The summed E-state index contributed by atoms with van der Waals surface area (Å²) >= 11 is 0. The lowest BCUT2D eigenvalue weighted by Gasteiger charge is -1.97. The maximum Gasteiger partial charge on any atom is 0.0707 e. The van der Waals surface area contributed by atoms with Crippen molar-refractivity contribution in [1.29, 1.82) is 0 Å². The van der Waals surface area contributed by atoms with Crippen molar-refractivity contribution in [3.63, 3.8) is 0 Å². The molecular formula is C11H11N3. The van der Waals surface area contributed by atoms with Gasteiger partial charge in [0.05, 0.1) is 17.6 Å². The number of para-hydroxylation sites is 1. The molecule has 0 saturated heterocycles. The first-order valence-corrected chi connectivity index (χ1v) is 4.43. The van der Waals surface area contributed by atoms with Crippen LogP contribution in [-0.2, 0) is 0 Å². The van der Waals surface area contributed by atoms with E-state index < -0.39 is 0 Å². The smallest absolute Gasteiger partial charge is 0.0707 e. The first kappa shape index (κ1) is 8.56. The van der Waals surface area contributed by atoms with E-state index in [4.69, 9.17) is 0 Å². The third kappa shape index (κ3) is 2.23. The number of rotatable bonds is 3. The van der Waals surface area contributed by atoms with E-state index in [1.165, 1.54) is 0 Å². The molecule has 0 radical (unpaired) electrons. The van der Waals surface area contributed by atoms with Crippen molar-refractivity contribution in [3.05, 3.63) is 54.4 Å². The third-order valence-electron chi connectivity index (χ3n) is 1.79. The van der Waals surface area contributed by atoms with Crippen LogP contribution in [0.15, 0.2) is 53.8 Å². The van der Waals surface area contributed by atoms with Gasteiger partial charge in [0.25, 0.3) is 0 Å². The number of hydrazone groups is 1. The van der Waals surface area contributed by atoms with Crippen LogP contribution in [0.25, 0.3) is 0 Å². The highest BCUT2D eigenvalue weighted by atomic mass is 15.3. The van der Waals surface area contributed by atoms with Gasteiger partial charge in [0.1, 0.15) is 0 Å². The molecule has 0 spiro atoms. The molecule has 0 amide bonds. The summed E-state index contributed by atoms with van der Waals surface area (Å²) in [5, 5.41) is 4.08. The Balaban J connectivity index is 1.95. The van der Waals surface area contributed by atoms with Gasteiger partial charge in [0.2, 0.25) is 0 Å². The van der Waals surface area contributed by atoms with Gasteiger partial charge in [-0.15, -0.1) is 0 Å². The molecule has 1 aromatic carbocycles. The molecule has 70 valence electrons. The molecule has 0 aliphatic carbocycles. The van der Waals surface area contributed by atoms with E-state index in [0.29, 0.717) is 0 Å². The number of nitrogens with zero attached hydrogens (tertiary/aromatic N) is 1. The van der Waals surface area contributed by atoms with Gasteiger partial charge in [-0.3, -0.25) is 5.43 Å². The van der Waals surface area contributed by atoms with E-state index in [0.717, 1.165) is 11.4 Å². The maximum atomic E-state index is 4.08. The minimum absolute atomic E-state index is 0.980. The van der Waals surface area contributed by atoms with Gasteiger partial charge in [-0.25, -0.2) is 0 Å². The zero-order valence-corrected chi connectivity index (χ0v) is 7.64. The van der Waals surface area contributed by atoms with Gasteiger partial charge < -0.3 is 4.98 Å². The highest BCUT2D eigenvalue weighted by Crippen LogP contribution is 2.04. The number of H-pyrrole nitrogens is 1. The summed E-state index contributed by atoms with van der Waals surface area (Å²) in [5.74, 6) is 0. The Morgan fingerprint density at radius 2 is 1.93 bits per heavy atom. The normalized spacial score (nSPS) is 10.6. The van der Waals surface area contributed by atoms with Crippen molar-refractivity contribution < 1.29 is 0 Å². The fraction of sp³-hybridized carbons (Fsp3) is 0. The molecule has 2 aromatic rings. The molecule has 2 N–H and O–H groups in total. The van der Waals surface area contributed by atoms with Crippen LogP contribution in [0.2, 0.25) is 0 Å². The van der Waals surface area contributed by atoms with E-state index in [-0.39, 0.29) is 0 Å². The molecule has 1 aromatic heterocycles. The molecular weight excluding hydrogens is 174 g/mol. The molecule has 0 unspecified atom stereocenters. The van der Waals surface area contributed by atoms with Crippen molar-refractivity contribution in [2.24, 2.45) is 5.10 Å². The van der Waals surface area contributed by atoms with Crippen LogP contribution in [0.3, 0.4) is 0 Å². The standard InChI is InChI=1S/C11H11N3/c1-2-5-10(6-3-1)14-13-9-11-7-4-8-12-11/h1-9,12,14H/b13-9+. The molecule has 3 heteroatoms. The Kier molecular flexibility index (Phi) is 2.62. The number of aromatic amines is 1. The Morgan fingerprint density at radius 3 is 2.64 bits per heavy atom. The first-order valence-electron chi connectivity index (χ1n) is 4.43. The number of nitrogens with one attached hydrogen (secondary N) is 2. The van der Waals surface area contributed by atoms with Crippen LogP contribution in [0.5, 0.6) is 0 Å². The Bertz CT molecular complexity index is 390. The lowest BCUT2D eigenvalue weighted by Crippen LogP contribution is -1.89.